The maximum absolute atomic E-state index is 12.7. The summed E-state index contributed by atoms with van der Waals surface area (Å²) in [5.41, 5.74) is 1.74. The van der Waals surface area contributed by atoms with Crippen molar-refractivity contribution in [3.63, 3.8) is 0 Å². The van der Waals surface area contributed by atoms with Gasteiger partial charge in [-0.3, -0.25) is 9.59 Å². The Morgan fingerprint density at radius 3 is 1.47 bits per heavy atom. The van der Waals surface area contributed by atoms with E-state index in [1.807, 2.05) is 0 Å². The van der Waals surface area contributed by atoms with E-state index in [1.54, 1.807) is 82.3 Å². The van der Waals surface area contributed by atoms with E-state index in [4.69, 9.17) is 0 Å². The zero-order chi connectivity index (χ0) is 21.1. The van der Waals surface area contributed by atoms with Gasteiger partial charge in [-0.15, -0.1) is 0 Å². The number of carbonyl (C=O) groups excluding carboxylic acids is 2. The quantitative estimate of drug-likeness (QED) is 0.430. The van der Waals surface area contributed by atoms with Gasteiger partial charge in [-0.1, -0.05) is 0 Å². The zero-order valence-corrected chi connectivity index (χ0v) is 16.8. The average molecular weight is 406 g/mol. The van der Waals surface area contributed by atoms with Gasteiger partial charge < -0.3 is 18.6 Å². The highest BCUT2D eigenvalue weighted by Crippen LogP contribution is 2.10. The predicted octanol–water partition coefficient (Wildman–Crippen LogP) is 1.40. The molecule has 0 aliphatic rings. The van der Waals surface area contributed by atoms with Gasteiger partial charge in [0.1, 0.15) is 0 Å². The van der Waals surface area contributed by atoms with E-state index in [1.165, 1.54) is 0 Å². The Kier molecular flexibility index (Phi) is 5.38. The Hall–Kier alpha value is -3.82. The van der Waals surface area contributed by atoms with Crippen molar-refractivity contribution in [1.29, 1.82) is 0 Å². The van der Waals surface area contributed by atoms with E-state index >= 15 is 0 Å². The van der Waals surface area contributed by atoms with Gasteiger partial charge in [-0.2, -0.15) is 0 Å². The summed E-state index contributed by atoms with van der Waals surface area (Å²) >= 11 is 0. The Balaban J connectivity index is 1.30. The molecule has 0 saturated carbocycles. The first-order chi connectivity index (χ1) is 14.6. The van der Waals surface area contributed by atoms with Gasteiger partial charge in [-0.25, -0.2) is 19.9 Å². The maximum Gasteiger partial charge on any atom is 0.276 e. The van der Waals surface area contributed by atoms with Crippen molar-refractivity contribution >= 4 is 23.1 Å². The van der Waals surface area contributed by atoms with Crippen LogP contribution >= 0.6 is 0 Å². The van der Waals surface area contributed by atoms with Crippen LogP contribution in [-0.4, -0.2) is 77.5 Å². The van der Waals surface area contributed by atoms with Crippen LogP contribution in [0.3, 0.4) is 0 Å². The molecule has 0 unspecified atom stereocenters. The van der Waals surface area contributed by atoms with Crippen LogP contribution in [0.4, 0.5) is 0 Å². The Morgan fingerprint density at radius 1 is 0.700 bits per heavy atom. The van der Waals surface area contributed by atoms with Gasteiger partial charge in [0.25, 0.3) is 11.8 Å². The lowest BCUT2D eigenvalue weighted by Gasteiger charge is -2.19. The van der Waals surface area contributed by atoms with Gasteiger partial charge in [0.15, 0.2) is 22.7 Å². The minimum Gasteiger partial charge on any atom is -0.340 e. The van der Waals surface area contributed by atoms with Crippen molar-refractivity contribution in [2.24, 2.45) is 0 Å². The molecule has 30 heavy (non-hydrogen) atoms. The van der Waals surface area contributed by atoms with Gasteiger partial charge in [0, 0.05) is 76.8 Å². The van der Waals surface area contributed by atoms with Crippen LogP contribution in [0.1, 0.15) is 33.8 Å². The van der Waals surface area contributed by atoms with E-state index in [-0.39, 0.29) is 11.8 Å². The molecule has 10 heteroatoms. The molecule has 4 heterocycles. The van der Waals surface area contributed by atoms with Gasteiger partial charge >= 0.3 is 0 Å². The fraction of sp³-hybridized carbons (Fsp3) is 0.300. The fourth-order valence-electron chi connectivity index (χ4n) is 3.27. The number of imidazole rings is 2. The topological polar surface area (TPSA) is 101 Å². The monoisotopic (exact) mass is 406 g/mol. The molecule has 0 bridgehead atoms. The Labute approximate surface area is 172 Å². The molecule has 0 saturated heterocycles. The molecule has 154 valence electrons. The van der Waals surface area contributed by atoms with Crippen LogP contribution < -0.4 is 0 Å². The second kappa shape index (κ2) is 8.27. The SMILES string of the molecule is CN(CCCCN(C)C(=O)c1nccn2ccnc12)C(=O)c1nccn2ccnc12. The van der Waals surface area contributed by atoms with Crippen molar-refractivity contribution in [1.82, 2.24) is 38.5 Å². The minimum absolute atomic E-state index is 0.175. The number of rotatable bonds is 7. The summed E-state index contributed by atoms with van der Waals surface area (Å²) in [7, 11) is 3.49. The van der Waals surface area contributed by atoms with Crippen LogP contribution in [0.15, 0.2) is 49.6 Å². The van der Waals surface area contributed by atoms with E-state index in [0.717, 1.165) is 12.8 Å². The summed E-state index contributed by atoms with van der Waals surface area (Å²) in [6.45, 7) is 1.11. The summed E-state index contributed by atoms with van der Waals surface area (Å²) in [5.74, 6) is -0.349. The second-order valence-corrected chi connectivity index (χ2v) is 7.03. The van der Waals surface area contributed by atoms with Crippen molar-refractivity contribution in [3.05, 3.63) is 61.0 Å². The third kappa shape index (κ3) is 3.71. The summed E-state index contributed by atoms with van der Waals surface area (Å²) < 4.78 is 3.53. The predicted molar refractivity (Wildman–Crippen MR) is 109 cm³/mol. The van der Waals surface area contributed by atoms with Gasteiger partial charge in [0.2, 0.25) is 0 Å². The lowest BCUT2D eigenvalue weighted by Crippen LogP contribution is -2.31. The van der Waals surface area contributed by atoms with Crippen molar-refractivity contribution < 1.29 is 9.59 Å². The number of unbranched alkanes of at least 4 members (excludes halogenated alkanes) is 1. The van der Waals surface area contributed by atoms with Crippen LogP contribution in [-0.2, 0) is 0 Å². The molecule has 2 amide bonds. The normalized spacial score (nSPS) is 11.1. The molecule has 10 nitrogen and oxygen atoms in total. The highest BCUT2D eigenvalue weighted by Gasteiger charge is 2.19. The average Bonchev–Trinajstić information content (AvgIpc) is 3.44. The molecule has 4 aromatic rings. The molecule has 0 spiro atoms. The first kappa shape index (κ1) is 19.5. The Bertz CT molecular complexity index is 1100. The summed E-state index contributed by atoms with van der Waals surface area (Å²) in [6.07, 6.45) is 15.0. The lowest BCUT2D eigenvalue weighted by molar-refractivity contribution is 0.0762. The van der Waals surface area contributed by atoms with Crippen molar-refractivity contribution in [2.45, 2.75) is 12.8 Å². The standard InChI is InChI=1S/C20H22N8O2/c1-25(19(29)15-17-23-7-13-27(17)11-5-21-15)9-3-4-10-26(2)20(30)16-18-24-8-14-28(18)12-6-22-16/h5-8,11-14H,3-4,9-10H2,1-2H3. The van der Waals surface area contributed by atoms with Gasteiger partial charge in [0.05, 0.1) is 0 Å². The Morgan fingerprint density at radius 2 is 1.07 bits per heavy atom. The molecule has 0 radical (unpaired) electrons. The zero-order valence-electron chi connectivity index (χ0n) is 16.8. The highest BCUT2D eigenvalue weighted by atomic mass is 16.2. The van der Waals surface area contributed by atoms with Gasteiger partial charge in [-0.05, 0) is 12.8 Å². The molecule has 0 atom stereocenters. The number of aromatic nitrogens is 6. The van der Waals surface area contributed by atoms with E-state index < -0.39 is 0 Å². The molecule has 4 aromatic heterocycles. The summed E-state index contributed by atoms with van der Waals surface area (Å²) in [5, 5.41) is 0. The van der Waals surface area contributed by atoms with E-state index in [2.05, 4.69) is 19.9 Å². The number of hydrogen-bond acceptors (Lipinski definition) is 6. The summed E-state index contributed by atoms with van der Waals surface area (Å²) in [6, 6.07) is 0. The molecule has 4 rings (SSSR count). The number of fused-ring (bicyclic) bond motifs is 2. The van der Waals surface area contributed by atoms with Crippen LogP contribution in [0.5, 0.6) is 0 Å². The van der Waals surface area contributed by atoms with Crippen molar-refractivity contribution in [2.75, 3.05) is 27.2 Å². The van der Waals surface area contributed by atoms with Crippen LogP contribution in [0.25, 0.3) is 11.3 Å². The highest BCUT2D eigenvalue weighted by molar-refractivity contribution is 5.98. The lowest BCUT2D eigenvalue weighted by atomic mass is 10.2. The van der Waals surface area contributed by atoms with Crippen molar-refractivity contribution in [3.8, 4) is 0 Å². The molecular weight excluding hydrogens is 384 g/mol. The van der Waals surface area contributed by atoms with Crippen LogP contribution in [0, 0.1) is 0 Å². The smallest absolute Gasteiger partial charge is 0.276 e. The largest absolute Gasteiger partial charge is 0.340 e. The molecule has 0 aliphatic heterocycles. The van der Waals surface area contributed by atoms with E-state index in [9.17, 15) is 9.59 Å². The third-order valence-corrected chi connectivity index (χ3v) is 4.96. The molecule has 0 aromatic carbocycles. The maximum atomic E-state index is 12.7. The van der Waals surface area contributed by atoms with Crippen LogP contribution in [0.2, 0.25) is 0 Å². The summed E-state index contributed by atoms with van der Waals surface area (Å²) in [4.78, 5) is 45.5. The number of amides is 2. The third-order valence-electron chi connectivity index (χ3n) is 4.96. The number of carbonyl (C=O) groups is 2. The van der Waals surface area contributed by atoms with E-state index in [0.29, 0.717) is 35.8 Å². The number of hydrogen-bond donors (Lipinski definition) is 0. The number of nitrogens with zero attached hydrogens (tertiary/aromatic N) is 8. The molecule has 0 aliphatic carbocycles. The first-order valence-electron chi connectivity index (χ1n) is 9.62. The molecule has 0 fully saturated rings. The molecule has 0 N–H and O–H groups in total. The fourth-order valence-corrected chi connectivity index (χ4v) is 3.27. The minimum atomic E-state index is -0.175. The second-order valence-electron chi connectivity index (χ2n) is 7.03. The first-order valence-corrected chi connectivity index (χ1v) is 9.62. The molecular formula is C20H22N8O2.